The molecule has 1 aromatic rings. The molecule has 0 aromatic heterocycles. The number of amides is 1. The number of nitrogens with zero attached hydrogens (tertiary/aromatic N) is 1. The maximum Gasteiger partial charge on any atom is 0.227 e. The number of benzene rings is 1. The molecule has 0 saturated carbocycles. The molecule has 104 valence electrons. The molecule has 1 aromatic carbocycles. The molecule has 0 spiro atoms. The highest BCUT2D eigenvalue weighted by molar-refractivity contribution is 5.82. The molecule has 2 atom stereocenters. The number of carbonyl (C=O) groups is 1. The molecule has 1 saturated heterocycles. The van der Waals surface area contributed by atoms with Crippen LogP contribution in [0.25, 0.3) is 0 Å². The average molecular weight is 262 g/mol. The highest BCUT2D eigenvalue weighted by atomic mass is 16.6. The van der Waals surface area contributed by atoms with E-state index in [2.05, 4.69) is 24.5 Å². The van der Waals surface area contributed by atoms with Gasteiger partial charge in [0.25, 0.3) is 0 Å². The molecular formula is C15H22N2O2. The van der Waals surface area contributed by atoms with Crippen molar-refractivity contribution < 1.29 is 9.63 Å². The molecule has 4 heteroatoms. The summed E-state index contributed by atoms with van der Waals surface area (Å²) >= 11 is 0. The van der Waals surface area contributed by atoms with Crippen molar-refractivity contribution >= 4 is 5.91 Å². The van der Waals surface area contributed by atoms with Gasteiger partial charge >= 0.3 is 0 Å². The lowest BCUT2D eigenvalue weighted by molar-refractivity contribution is -0.132. The number of hydroxylamine groups is 1. The first kappa shape index (κ1) is 14.0. The highest BCUT2D eigenvalue weighted by Crippen LogP contribution is 2.24. The molecule has 4 nitrogen and oxygen atoms in total. The normalized spacial score (nSPS) is 23.1. The van der Waals surface area contributed by atoms with E-state index < -0.39 is 0 Å². The maximum absolute atomic E-state index is 12.4. The molecule has 0 bridgehead atoms. The quantitative estimate of drug-likeness (QED) is 0.797. The van der Waals surface area contributed by atoms with Gasteiger partial charge in [0.2, 0.25) is 5.91 Å². The van der Waals surface area contributed by atoms with Gasteiger partial charge in [-0.1, -0.05) is 43.7 Å². The van der Waals surface area contributed by atoms with Crippen molar-refractivity contribution in [3.8, 4) is 0 Å². The van der Waals surface area contributed by atoms with Crippen LogP contribution in [0.2, 0.25) is 0 Å². The summed E-state index contributed by atoms with van der Waals surface area (Å²) in [5.41, 5.74) is 4.13. The molecule has 1 aliphatic heterocycles. The molecule has 1 amide bonds. The zero-order valence-electron chi connectivity index (χ0n) is 11.6. The van der Waals surface area contributed by atoms with Crippen LogP contribution in [-0.4, -0.2) is 30.5 Å². The summed E-state index contributed by atoms with van der Waals surface area (Å²) in [6.45, 7) is 3.50. The van der Waals surface area contributed by atoms with E-state index >= 15 is 0 Å². The lowest BCUT2D eigenvalue weighted by Crippen LogP contribution is -2.35. The number of hydrogen-bond donors (Lipinski definition) is 1. The fourth-order valence-electron chi connectivity index (χ4n) is 2.71. The largest absolute Gasteiger partial charge is 0.336 e. The lowest BCUT2D eigenvalue weighted by atomic mass is 9.98. The van der Waals surface area contributed by atoms with E-state index in [0.717, 1.165) is 12.8 Å². The third kappa shape index (κ3) is 3.33. The predicted octanol–water partition coefficient (Wildman–Crippen LogP) is 1.96. The van der Waals surface area contributed by atoms with Crippen LogP contribution < -0.4 is 5.48 Å². The van der Waals surface area contributed by atoms with E-state index in [1.54, 1.807) is 7.11 Å². The van der Waals surface area contributed by atoms with E-state index in [4.69, 9.17) is 4.84 Å². The summed E-state index contributed by atoms with van der Waals surface area (Å²) < 4.78 is 0. The summed E-state index contributed by atoms with van der Waals surface area (Å²) in [4.78, 5) is 19.4. The Morgan fingerprint density at radius 2 is 2.11 bits per heavy atom. The van der Waals surface area contributed by atoms with E-state index in [1.807, 2.05) is 23.1 Å². The van der Waals surface area contributed by atoms with Crippen LogP contribution in [-0.2, 0) is 16.2 Å². The van der Waals surface area contributed by atoms with Crippen molar-refractivity contribution in [2.24, 2.45) is 5.92 Å². The third-order valence-electron chi connectivity index (χ3n) is 3.62. The lowest BCUT2D eigenvalue weighted by Gasteiger charge is -2.16. The van der Waals surface area contributed by atoms with Crippen molar-refractivity contribution in [1.82, 2.24) is 10.4 Å². The first-order valence-electron chi connectivity index (χ1n) is 6.87. The van der Waals surface area contributed by atoms with Gasteiger partial charge in [0.05, 0.1) is 19.1 Å². The van der Waals surface area contributed by atoms with Gasteiger partial charge in [-0.05, 0) is 12.0 Å². The molecular weight excluding hydrogens is 240 g/mol. The summed E-state index contributed by atoms with van der Waals surface area (Å²) in [6.07, 6.45) is 1.92. The minimum atomic E-state index is 0.0358. The minimum Gasteiger partial charge on any atom is -0.336 e. The number of rotatable bonds is 6. The fourth-order valence-corrected chi connectivity index (χ4v) is 2.71. The molecule has 1 N–H and O–H groups in total. The van der Waals surface area contributed by atoms with Crippen LogP contribution in [0.5, 0.6) is 0 Å². The van der Waals surface area contributed by atoms with Crippen molar-refractivity contribution in [2.45, 2.75) is 32.4 Å². The van der Waals surface area contributed by atoms with Crippen molar-refractivity contribution in [3.63, 3.8) is 0 Å². The Morgan fingerprint density at radius 1 is 1.37 bits per heavy atom. The Labute approximate surface area is 114 Å². The van der Waals surface area contributed by atoms with Gasteiger partial charge in [0.1, 0.15) is 0 Å². The second kappa shape index (κ2) is 6.68. The summed E-state index contributed by atoms with van der Waals surface area (Å²) in [7, 11) is 1.60. The molecule has 1 fully saturated rings. The minimum absolute atomic E-state index is 0.0358. The smallest absolute Gasteiger partial charge is 0.227 e. The highest BCUT2D eigenvalue weighted by Gasteiger charge is 2.39. The Morgan fingerprint density at radius 3 is 2.74 bits per heavy atom. The van der Waals surface area contributed by atoms with Crippen LogP contribution in [0, 0.1) is 5.92 Å². The van der Waals surface area contributed by atoms with Gasteiger partial charge in [-0.25, -0.2) is 0 Å². The Hall–Kier alpha value is -1.39. The van der Waals surface area contributed by atoms with Crippen LogP contribution >= 0.6 is 0 Å². The van der Waals surface area contributed by atoms with Gasteiger partial charge in [0, 0.05) is 13.1 Å². The SMILES string of the molecule is CCC[C@@H]1C(=O)N(Cc2ccccc2)C[C@@H]1NOC. The summed E-state index contributed by atoms with van der Waals surface area (Å²) in [5.74, 6) is 0.272. The van der Waals surface area contributed by atoms with E-state index in [1.165, 1.54) is 5.56 Å². The standard InChI is InChI=1S/C15H22N2O2/c1-3-7-13-14(16-19-2)11-17(15(13)18)10-12-8-5-4-6-9-12/h4-6,8-9,13-14,16H,3,7,10-11H2,1-2H3/t13-,14-/m0/s1. The second-order valence-electron chi connectivity index (χ2n) is 5.03. The van der Waals surface area contributed by atoms with Gasteiger partial charge < -0.3 is 9.74 Å². The van der Waals surface area contributed by atoms with Crippen LogP contribution in [0.1, 0.15) is 25.3 Å². The van der Waals surface area contributed by atoms with Crippen LogP contribution in [0.15, 0.2) is 30.3 Å². The number of nitrogens with one attached hydrogen (secondary N) is 1. The molecule has 19 heavy (non-hydrogen) atoms. The maximum atomic E-state index is 12.4. The molecule has 0 radical (unpaired) electrons. The van der Waals surface area contributed by atoms with Crippen LogP contribution in [0.3, 0.4) is 0 Å². The first-order chi connectivity index (χ1) is 9.26. The second-order valence-corrected chi connectivity index (χ2v) is 5.03. The average Bonchev–Trinajstić information content (AvgIpc) is 2.70. The van der Waals surface area contributed by atoms with Crippen molar-refractivity contribution in [2.75, 3.05) is 13.7 Å². The van der Waals surface area contributed by atoms with E-state index in [9.17, 15) is 4.79 Å². The van der Waals surface area contributed by atoms with Crippen molar-refractivity contribution in [3.05, 3.63) is 35.9 Å². The topological polar surface area (TPSA) is 41.6 Å². The molecule has 2 rings (SSSR count). The zero-order chi connectivity index (χ0) is 13.7. The molecule has 0 aliphatic carbocycles. The molecule has 0 unspecified atom stereocenters. The fraction of sp³-hybridized carbons (Fsp3) is 0.533. The van der Waals surface area contributed by atoms with E-state index in [-0.39, 0.29) is 17.9 Å². The van der Waals surface area contributed by atoms with Gasteiger partial charge in [0.15, 0.2) is 0 Å². The van der Waals surface area contributed by atoms with Gasteiger partial charge in [-0.15, -0.1) is 0 Å². The summed E-state index contributed by atoms with van der Waals surface area (Å²) in [5, 5.41) is 0. The Balaban J connectivity index is 2.04. The van der Waals surface area contributed by atoms with Gasteiger partial charge in [-0.3, -0.25) is 4.79 Å². The third-order valence-corrected chi connectivity index (χ3v) is 3.62. The summed E-state index contributed by atoms with van der Waals surface area (Å²) in [6, 6.07) is 10.2. The van der Waals surface area contributed by atoms with E-state index in [0.29, 0.717) is 13.1 Å². The molecule has 1 aliphatic rings. The molecule has 1 heterocycles. The van der Waals surface area contributed by atoms with Gasteiger partial charge in [-0.2, -0.15) is 5.48 Å². The Kier molecular flexibility index (Phi) is 4.93. The Bertz CT molecular complexity index is 408. The number of hydrogen-bond acceptors (Lipinski definition) is 3. The number of likely N-dealkylation sites (tertiary alicyclic amines) is 1. The first-order valence-corrected chi connectivity index (χ1v) is 6.87. The monoisotopic (exact) mass is 262 g/mol. The van der Waals surface area contributed by atoms with Crippen molar-refractivity contribution in [1.29, 1.82) is 0 Å². The zero-order valence-corrected chi connectivity index (χ0v) is 11.6. The predicted molar refractivity (Wildman–Crippen MR) is 74.2 cm³/mol. The number of carbonyl (C=O) groups excluding carboxylic acids is 1. The van der Waals surface area contributed by atoms with Crippen LogP contribution in [0.4, 0.5) is 0 Å².